The Kier molecular flexibility index (Phi) is 3.73. The number of fused-ring (bicyclic) bond motifs is 1. The predicted octanol–water partition coefficient (Wildman–Crippen LogP) is 0.224. The van der Waals surface area contributed by atoms with E-state index in [9.17, 15) is 13.2 Å². The highest BCUT2D eigenvalue weighted by Gasteiger charge is 2.39. The second kappa shape index (κ2) is 5.14. The van der Waals surface area contributed by atoms with Gasteiger partial charge in [-0.15, -0.1) is 10.2 Å². The maximum atomic E-state index is 12.6. The Morgan fingerprint density at radius 1 is 1.42 bits per heavy atom. The lowest BCUT2D eigenvalue weighted by Crippen LogP contribution is -2.42. The lowest BCUT2D eigenvalue weighted by Gasteiger charge is -2.29. The van der Waals surface area contributed by atoms with E-state index in [1.165, 1.54) is 0 Å². The summed E-state index contributed by atoms with van der Waals surface area (Å²) in [5.41, 5.74) is 0. The Hall–Kier alpha value is -1.66. The van der Waals surface area contributed by atoms with Gasteiger partial charge >= 0.3 is 6.18 Å². The zero-order valence-corrected chi connectivity index (χ0v) is 10.3. The number of nitrogens with one attached hydrogen (secondary N) is 1. The lowest BCUT2D eigenvalue weighted by atomic mass is 10.2. The Labute approximate surface area is 107 Å². The van der Waals surface area contributed by atoms with Crippen LogP contribution in [0.1, 0.15) is 11.6 Å². The molecule has 0 bridgehead atoms. The maximum Gasteiger partial charge on any atom is 0.451 e. The third-order valence-corrected chi connectivity index (χ3v) is 3.03. The van der Waals surface area contributed by atoms with Crippen molar-refractivity contribution in [3.05, 3.63) is 11.6 Å². The molecule has 0 saturated heterocycles. The fraction of sp³-hybridized carbons (Fsp3) is 0.700. The van der Waals surface area contributed by atoms with E-state index >= 15 is 0 Å². The van der Waals surface area contributed by atoms with Gasteiger partial charge in [-0.2, -0.15) is 18.4 Å². The van der Waals surface area contributed by atoms with Crippen molar-refractivity contribution >= 4 is 0 Å². The minimum atomic E-state index is -4.48. The molecule has 1 aliphatic heterocycles. The molecule has 0 fully saturated rings. The van der Waals surface area contributed by atoms with Crippen LogP contribution >= 0.6 is 0 Å². The third kappa shape index (κ3) is 2.85. The van der Waals surface area contributed by atoms with Crippen LogP contribution in [0.15, 0.2) is 0 Å². The minimum absolute atomic E-state index is 0.180. The summed E-state index contributed by atoms with van der Waals surface area (Å²) in [5, 5.41) is 18.5. The Bertz CT molecular complexity index is 488. The van der Waals surface area contributed by atoms with Crippen molar-refractivity contribution in [3.8, 4) is 6.07 Å². The van der Waals surface area contributed by atoms with E-state index in [4.69, 9.17) is 5.26 Å². The quantitative estimate of drug-likeness (QED) is 0.854. The van der Waals surface area contributed by atoms with Gasteiger partial charge < -0.3 is 9.88 Å². The number of rotatable bonds is 3. The van der Waals surface area contributed by atoms with Crippen LogP contribution in [0.3, 0.4) is 0 Å². The van der Waals surface area contributed by atoms with Crippen molar-refractivity contribution in [1.82, 2.24) is 25.0 Å². The summed E-state index contributed by atoms with van der Waals surface area (Å²) >= 11 is 0. The van der Waals surface area contributed by atoms with E-state index in [2.05, 4.69) is 21.6 Å². The Balaban J connectivity index is 2.10. The molecule has 1 N–H and O–H groups in total. The number of aromatic nitrogens is 3. The summed E-state index contributed by atoms with van der Waals surface area (Å²) in [6.45, 7) is 1.33. The number of hydrogen-bond donors (Lipinski definition) is 1. The molecule has 9 heteroatoms. The molecule has 0 aliphatic carbocycles. The largest absolute Gasteiger partial charge is 0.451 e. The highest BCUT2D eigenvalue weighted by molar-refractivity contribution is 5.03. The van der Waals surface area contributed by atoms with E-state index in [0.29, 0.717) is 13.1 Å². The van der Waals surface area contributed by atoms with Crippen molar-refractivity contribution in [2.24, 2.45) is 0 Å². The number of hydrogen-bond acceptors (Lipinski definition) is 5. The number of halogens is 3. The van der Waals surface area contributed by atoms with Gasteiger partial charge in [0.15, 0.2) is 0 Å². The van der Waals surface area contributed by atoms with Gasteiger partial charge in [-0.3, -0.25) is 4.90 Å². The molecule has 104 valence electrons. The van der Waals surface area contributed by atoms with Gasteiger partial charge in [-0.25, -0.2) is 0 Å². The topological polar surface area (TPSA) is 69.8 Å². The van der Waals surface area contributed by atoms with Crippen LogP contribution < -0.4 is 5.32 Å². The van der Waals surface area contributed by atoms with E-state index in [-0.39, 0.29) is 25.0 Å². The van der Waals surface area contributed by atoms with Crippen LogP contribution in [0.25, 0.3) is 0 Å². The second-order valence-corrected chi connectivity index (χ2v) is 4.29. The number of likely N-dealkylation sites (N-methyl/N-ethyl adjacent to an activating group) is 1. The monoisotopic (exact) mass is 274 g/mol. The van der Waals surface area contributed by atoms with E-state index in [1.54, 1.807) is 7.05 Å². The normalized spacial score (nSPS) is 17.8. The molecule has 2 rings (SSSR count). The van der Waals surface area contributed by atoms with Crippen LogP contribution in [-0.2, 0) is 19.3 Å². The lowest BCUT2D eigenvalue weighted by molar-refractivity contribution is -0.148. The van der Waals surface area contributed by atoms with Crippen LogP contribution in [0.2, 0.25) is 0 Å². The fourth-order valence-electron chi connectivity index (χ4n) is 2.03. The predicted molar refractivity (Wildman–Crippen MR) is 58.8 cm³/mol. The van der Waals surface area contributed by atoms with Crippen LogP contribution in [0, 0.1) is 11.3 Å². The summed E-state index contributed by atoms with van der Waals surface area (Å²) in [6.07, 6.45) is -4.48. The van der Waals surface area contributed by atoms with Crippen molar-refractivity contribution in [2.75, 3.05) is 20.1 Å². The Morgan fingerprint density at radius 3 is 2.74 bits per heavy atom. The van der Waals surface area contributed by atoms with Crippen LogP contribution in [0.5, 0.6) is 0 Å². The van der Waals surface area contributed by atoms with Gasteiger partial charge in [0.05, 0.1) is 12.6 Å². The number of nitrogens with zero attached hydrogens (tertiary/aromatic N) is 5. The van der Waals surface area contributed by atoms with Gasteiger partial charge in [0.2, 0.25) is 5.82 Å². The minimum Gasteiger partial charge on any atom is -0.305 e. The summed E-state index contributed by atoms with van der Waals surface area (Å²) in [7, 11) is 1.67. The average Bonchev–Trinajstić information content (AvgIpc) is 2.78. The smallest absolute Gasteiger partial charge is 0.305 e. The number of nitriles is 1. The van der Waals surface area contributed by atoms with Gasteiger partial charge in [0.25, 0.3) is 0 Å². The van der Waals surface area contributed by atoms with Crippen LogP contribution in [-0.4, -0.2) is 45.8 Å². The molecule has 0 spiro atoms. The van der Waals surface area contributed by atoms with Crippen molar-refractivity contribution < 1.29 is 13.2 Å². The summed E-state index contributed by atoms with van der Waals surface area (Å²) in [5.74, 6) is -0.668. The average molecular weight is 274 g/mol. The summed E-state index contributed by atoms with van der Waals surface area (Å²) in [6, 6.07) is 1.73. The first kappa shape index (κ1) is 13.8. The van der Waals surface area contributed by atoms with Crippen LogP contribution in [0.4, 0.5) is 13.2 Å². The van der Waals surface area contributed by atoms with Gasteiger partial charge in [-0.05, 0) is 7.05 Å². The molecular weight excluding hydrogens is 261 g/mol. The first-order valence-electron chi connectivity index (χ1n) is 5.74. The van der Waals surface area contributed by atoms with E-state index < -0.39 is 12.0 Å². The molecule has 0 radical (unpaired) electrons. The molecule has 1 unspecified atom stereocenters. The zero-order chi connectivity index (χ0) is 14.0. The summed E-state index contributed by atoms with van der Waals surface area (Å²) < 4.78 is 39.0. The highest BCUT2D eigenvalue weighted by atomic mass is 19.4. The molecule has 0 amide bonds. The molecule has 0 aromatic carbocycles. The second-order valence-electron chi connectivity index (χ2n) is 4.29. The first-order chi connectivity index (χ1) is 8.95. The molecule has 1 aromatic rings. The van der Waals surface area contributed by atoms with Gasteiger partial charge in [0, 0.05) is 19.6 Å². The molecule has 1 aromatic heterocycles. The van der Waals surface area contributed by atoms with Crippen molar-refractivity contribution in [3.63, 3.8) is 0 Å². The SMILES string of the molecule is CNC(C#N)CN1CCn2c(nnc2C(F)(F)F)C1. The highest BCUT2D eigenvalue weighted by Crippen LogP contribution is 2.29. The molecule has 1 atom stereocenters. The van der Waals surface area contributed by atoms with Crippen molar-refractivity contribution in [1.29, 1.82) is 5.26 Å². The molecule has 2 heterocycles. The molecular formula is C10H13F3N6. The van der Waals surface area contributed by atoms with E-state index in [1.807, 2.05) is 4.90 Å². The van der Waals surface area contributed by atoms with Gasteiger partial charge in [0.1, 0.15) is 11.9 Å². The molecule has 19 heavy (non-hydrogen) atoms. The van der Waals surface area contributed by atoms with E-state index in [0.717, 1.165) is 4.57 Å². The van der Waals surface area contributed by atoms with Crippen molar-refractivity contribution in [2.45, 2.75) is 25.3 Å². The summed E-state index contributed by atoms with van der Waals surface area (Å²) in [4.78, 5) is 1.88. The molecule has 0 saturated carbocycles. The number of alkyl halides is 3. The molecule has 6 nitrogen and oxygen atoms in total. The van der Waals surface area contributed by atoms with Gasteiger partial charge in [-0.1, -0.05) is 0 Å². The fourth-order valence-corrected chi connectivity index (χ4v) is 2.03. The Morgan fingerprint density at radius 2 is 2.16 bits per heavy atom. The third-order valence-electron chi connectivity index (χ3n) is 3.03. The zero-order valence-electron chi connectivity index (χ0n) is 10.3. The maximum absolute atomic E-state index is 12.6. The first-order valence-corrected chi connectivity index (χ1v) is 5.74. The standard InChI is InChI=1S/C10H13F3N6/c1-15-7(4-14)5-18-2-3-19-8(6-18)16-17-9(19)10(11,12)13/h7,15H,2-3,5-6H2,1H3. The molecule has 1 aliphatic rings.